The van der Waals surface area contributed by atoms with Gasteiger partial charge in [-0.15, -0.1) is 11.3 Å². The fourth-order valence-corrected chi connectivity index (χ4v) is 4.92. The summed E-state index contributed by atoms with van der Waals surface area (Å²) in [5.41, 5.74) is -0.251. The molecule has 0 bridgehead atoms. The predicted octanol–water partition coefficient (Wildman–Crippen LogP) is 4.84. The summed E-state index contributed by atoms with van der Waals surface area (Å²) in [4.78, 5) is 14.5. The summed E-state index contributed by atoms with van der Waals surface area (Å²) in [6, 6.07) is 8.22. The van der Waals surface area contributed by atoms with Crippen molar-refractivity contribution in [1.82, 2.24) is 5.32 Å². The molecule has 1 amide bonds. The van der Waals surface area contributed by atoms with Crippen LogP contribution in [0, 0.1) is 5.82 Å². The Hall–Kier alpha value is -1.43. The van der Waals surface area contributed by atoms with E-state index < -0.39 is 17.8 Å². The Kier molecular flexibility index (Phi) is 5.46. The van der Waals surface area contributed by atoms with Crippen LogP contribution in [-0.2, 0) is 5.41 Å². The van der Waals surface area contributed by atoms with Gasteiger partial charge in [0.2, 0.25) is 0 Å². The van der Waals surface area contributed by atoms with Gasteiger partial charge in [-0.25, -0.2) is 4.39 Å². The van der Waals surface area contributed by atoms with Gasteiger partial charge in [0, 0.05) is 21.7 Å². The SMILES string of the molecule is CC(O)c1ccc(C2(CNC(=O)c3c(F)cccc3Cl)CCCC2)s1. The minimum atomic E-state index is -0.613. The predicted molar refractivity (Wildman–Crippen MR) is 98.8 cm³/mol. The second-order valence-corrected chi connectivity index (χ2v) is 8.17. The van der Waals surface area contributed by atoms with Crippen molar-refractivity contribution in [3.8, 4) is 0 Å². The largest absolute Gasteiger partial charge is 0.388 e. The van der Waals surface area contributed by atoms with Gasteiger partial charge in [0.05, 0.1) is 16.7 Å². The van der Waals surface area contributed by atoms with E-state index in [4.69, 9.17) is 11.6 Å². The Balaban J connectivity index is 1.79. The monoisotopic (exact) mass is 381 g/mol. The van der Waals surface area contributed by atoms with Crippen molar-refractivity contribution in [2.75, 3.05) is 6.54 Å². The molecule has 134 valence electrons. The zero-order chi connectivity index (χ0) is 18.0. The van der Waals surface area contributed by atoms with E-state index in [9.17, 15) is 14.3 Å². The zero-order valence-electron chi connectivity index (χ0n) is 14.0. The van der Waals surface area contributed by atoms with Crippen molar-refractivity contribution in [2.45, 2.75) is 44.1 Å². The highest BCUT2D eigenvalue weighted by Crippen LogP contribution is 2.44. The van der Waals surface area contributed by atoms with E-state index in [1.165, 1.54) is 23.1 Å². The average molecular weight is 382 g/mol. The molecule has 0 aliphatic heterocycles. The molecule has 3 nitrogen and oxygen atoms in total. The Morgan fingerprint density at radius 1 is 1.36 bits per heavy atom. The fraction of sp³-hybridized carbons (Fsp3) is 0.421. The number of halogens is 2. The number of benzene rings is 1. The first-order chi connectivity index (χ1) is 11.9. The molecule has 1 atom stereocenters. The maximum atomic E-state index is 13.9. The maximum absolute atomic E-state index is 13.9. The Morgan fingerprint density at radius 2 is 2.08 bits per heavy atom. The quantitative estimate of drug-likeness (QED) is 0.778. The van der Waals surface area contributed by atoms with Crippen LogP contribution in [0.2, 0.25) is 5.02 Å². The van der Waals surface area contributed by atoms with E-state index in [0.29, 0.717) is 6.54 Å². The maximum Gasteiger partial charge on any atom is 0.255 e. The number of hydrogen-bond donors (Lipinski definition) is 2. The Labute approximate surface area is 155 Å². The molecule has 1 aliphatic rings. The van der Waals surface area contributed by atoms with Gasteiger partial charge < -0.3 is 10.4 Å². The fourth-order valence-electron chi connectivity index (χ4n) is 3.48. The average Bonchev–Trinajstić information content (AvgIpc) is 3.23. The third-order valence-electron chi connectivity index (χ3n) is 4.90. The zero-order valence-corrected chi connectivity index (χ0v) is 15.6. The van der Waals surface area contributed by atoms with Crippen LogP contribution in [0.25, 0.3) is 0 Å². The third kappa shape index (κ3) is 3.73. The number of carbonyl (C=O) groups is 1. The molecule has 1 heterocycles. The first-order valence-corrected chi connectivity index (χ1v) is 9.63. The van der Waals surface area contributed by atoms with Crippen molar-refractivity contribution in [3.63, 3.8) is 0 Å². The summed E-state index contributed by atoms with van der Waals surface area (Å²) in [6.07, 6.45) is 3.64. The second kappa shape index (κ2) is 7.44. The molecule has 2 aromatic rings. The molecule has 25 heavy (non-hydrogen) atoms. The number of nitrogens with one attached hydrogen (secondary N) is 1. The van der Waals surface area contributed by atoms with Crippen LogP contribution in [0.1, 0.15) is 58.8 Å². The summed E-state index contributed by atoms with van der Waals surface area (Å²) in [7, 11) is 0. The van der Waals surface area contributed by atoms with Crippen molar-refractivity contribution in [3.05, 3.63) is 56.5 Å². The van der Waals surface area contributed by atoms with Crippen LogP contribution in [0.3, 0.4) is 0 Å². The minimum absolute atomic E-state index is 0.104. The molecular formula is C19H21ClFNO2S. The van der Waals surface area contributed by atoms with Crippen LogP contribution in [-0.4, -0.2) is 17.6 Å². The highest BCUT2D eigenvalue weighted by atomic mass is 35.5. The number of aliphatic hydroxyl groups is 1. The van der Waals surface area contributed by atoms with Gasteiger partial charge >= 0.3 is 0 Å². The molecule has 1 saturated carbocycles. The lowest BCUT2D eigenvalue weighted by Crippen LogP contribution is -2.38. The number of rotatable bonds is 5. The number of thiophene rings is 1. The molecule has 1 aromatic heterocycles. The standard InChI is InChI=1S/C19H21ClFNO2S/c1-12(23)15-7-8-16(25-15)19(9-2-3-10-19)11-22-18(24)17-13(20)5-4-6-14(17)21/h4-8,12,23H,2-3,9-11H2,1H3,(H,22,24). The second-order valence-electron chi connectivity index (χ2n) is 6.64. The first-order valence-electron chi connectivity index (χ1n) is 8.43. The van der Waals surface area contributed by atoms with Crippen LogP contribution in [0.4, 0.5) is 4.39 Å². The van der Waals surface area contributed by atoms with Gasteiger partial charge in [-0.2, -0.15) is 0 Å². The lowest BCUT2D eigenvalue weighted by molar-refractivity contribution is 0.0939. The Morgan fingerprint density at radius 3 is 2.68 bits per heavy atom. The van der Waals surface area contributed by atoms with Crippen LogP contribution < -0.4 is 5.32 Å². The normalized spacial score (nSPS) is 17.4. The van der Waals surface area contributed by atoms with E-state index in [-0.39, 0.29) is 16.0 Å². The molecule has 0 spiro atoms. The summed E-state index contributed by atoms with van der Waals surface area (Å²) < 4.78 is 13.9. The van der Waals surface area contributed by atoms with Crippen molar-refractivity contribution < 1.29 is 14.3 Å². The summed E-state index contributed by atoms with van der Waals surface area (Å²) >= 11 is 7.57. The topological polar surface area (TPSA) is 49.3 Å². The van der Waals surface area contributed by atoms with Crippen molar-refractivity contribution in [1.29, 1.82) is 0 Å². The van der Waals surface area contributed by atoms with Crippen LogP contribution in [0.15, 0.2) is 30.3 Å². The molecule has 1 unspecified atom stereocenters. The minimum Gasteiger partial charge on any atom is -0.388 e. The lowest BCUT2D eigenvalue weighted by Gasteiger charge is -2.28. The van der Waals surface area contributed by atoms with E-state index in [0.717, 1.165) is 30.6 Å². The molecule has 0 radical (unpaired) electrons. The van der Waals surface area contributed by atoms with E-state index in [2.05, 4.69) is 5.32 Å². The van der Waals surface area contributed by atoms with E-state index >= 15 is 0 Å². The molecule has 1 aromatic carbocycles. The number of amides is 1. The van der Waals surface area contributed by atoms with Crippen molar-refractivity contribution in [2.24, 2.45) is 0 Å². The van der Waals surface area contributed by atoms with Gasteiger partial charge in [-0.1, -0.05) is 30.5 Å². The lowest BCUT2D eigenvalue weighted by atomic mass is 9.84. The van der Waals surface area contributed by atoms with Crippen molar-refractivity contribution >= 4 is 28.8 Å². The van der Waals surface area contributed by atoms with Gasteiger partial charge in [-0.05, 0) is 44.0 Å². The van der Waals surface area contributed by atoms with Gasteiger partial charge in [0.15, 0.2) is 0 Å². The number of aliphatic hydroxyl groups excluding tert-OH is 1. The van der Waals surface area contributed by atoms with Gasteiger partial charge in [0.25, 0.3) is 5.91 Å². The summed E-state index contributed by atoms with van der Waals surface area (Å²) in [5.74, 6) is -1.10. The highest BCUT2D eigenvalue weighted by molar-refractivity contribution is 7.12. The third-order valence-corrected chi connectivity index (χ3v) is 6.72. The molecule has 2 N–H and O–H groups in total. The smallest absolute Gasteiger partial charge is 0.255 e. The Bertz CT molecular complexity index is 748. The van der Waals surface area contributed by atoms with Crippen LogP contribution in [0.5, 0.6) is 0 Å². The highest BCUT2D eigenvalue weighted by Gasteiger charge is 2.37. The molecule has 1 aliphatic carbocycles. The molecule has 0 saturated heterocycles. The van der Waals surface area contributed by atoms with Gasteiger partial charge in [0.1, 0.15) is 5.82 Å². The summed E-state index contributed by atoms with van der Waals surface area (Å²) in [6.45, 7) is 2.19. The van der Waals surface area contributed by atoms with Gasteiger partial charge in [-0.3, -0.25) is 4.79 Å². The number of hydrogen-bond acceptors (Lipinski definition) is 3. The number of carbonyl (C=O) groups excluding carboxylic acids is 1. The molecular weight excluding hydrogens is 361 g/mol. The molecule has 1 fully saturated rings. The summed E-state index contributed by atoms with van der Waals surface area (Å²) in [5, 5.41) is 12.8. The van der Waals surface area contributed by atoms with E-state index in [1.807, 2.05) is 12.1 Å². The first kappa shape index (κ1) is 18.4. The van der Waals surface area contributed by atoms with Crippen LogP contribution >= 0.6 is 22.9 Å². The van der Waals surface area contributed by atoms with E-state index in [1.54, 1.807) is 18.3 Å². The molecule has 6 heteroatoms. The molecule has 3 rings (SSSR count).